The van der Waals surface area contributed by atoms with Gasteiger partial charge in [0.15, 0.2) is 0 Å². The highest BCUT2D eigenvalue weighted by atomic mass is 16.2. The molecule has 0 bridgehead atoms. The van der Waals surface area contributed by atoms with Crippen molar-refractivity contribution in [2.24, 2.45) is 0 Å². The van der Waals surface area contributed by atoms with Crippen LogP contribution in [0.3, 0.4) is 0 Å². The number of rotatable bonds is 3. The molecule has 1 rings (SSSR count). The van der Waals surface area contributed by atoms with Gasteiger partial charge < -0.3 is 4.79 Å². The molecule has 0 aliphatic heterocycles. The van der Waals surface area contributed by atoms with Crippen molar-refractivity contribution in [2.75, 3.05) is 0 Å². The number of nitrogens with zero attached hydrogens (tertiary/aromatic N) is 1. The molecule has 0 atom stereocenters. The van der Waals surface area contributed by atoms with E-state index in [9.17, 15) is 9.59 Å². The Hall–Kier alpha value is -1.38. The fourth-order valence-electron chi connectivity index (χ4n) is 0.812. The summed E-state index contributed by atoms with van der Waals surface area (Å²) in [4.78, 5) is 21.0. The average Bonchev–Trinajstić information content (AvgIpc) is 2.52. The Morgan fingerprint density at radius 1 is 1.36 bits per heavy atom. The van der Waals surface area contributed by atoms with E-state index in [0.717, 1.165) is 6.29 Å². The molecule has 58 valence electrons. The van der Waals surface area contributed by atoms with Gasteiger partial charge in [-0.2, -0.15) is 0 Å². The van der Waals surface area contributed by atoms with E-state index in [1.807, 2.05) is 0 Å². The summed E-state index contributed by atoms with van der Waals surface area (Å²) in [5, 5.41) is 0. The average molecular weight is 151 g/mol. The maximum absolute atomic E-state index is 11.1. The van der Waals surface area contributed by atoms with Gasteiger partial charge in [0, 0.05) is 25.2 Å². The molecular weight excluding hydrogens is 142 g/mol. The van der Waals surface area contributed by atoms with Gasteiger partial charge in [0.05, 0.1) is 0 Å². The number of hydrogen-bond acceptors (Lipinski definition) is 2. The Labute approximate surface area is 64.6 Å². The van der Waals surface area contributed by atoms with Crippen LogP contribution in [0, 0.1) is 0 Å². The lowest BCUT2D eigenvalue weighted by atomic mass is 10.3. The number of aromatic nitrogens is 1. The predicted octanol–water partition coefficient (Wildman–Crippen LogP) is 1.11. The van der Waals surface area contributed by atoms with Crippen LogP contribution in [0.1, 0.15) is 17.6 Å². The first-order valence-corrected chi connectivity index (χ1v) is 3.44. The monoisotopic (exact) mass is 151 g/mol. The highest BCUT2D eigenvalue weighted by Gasteiger charge is 2.00. The van der Waals surface area contributed by atoms with E-state index in [1.165, 1.54) is 4.57 Å². The molecule has 0 unspecified atom stereocenters. The Morgan fingerprint density at radius 2 is 2.00 bits per heavy atom. The van der Waals surface area contributed by atoms with Crippen LogP contribution in [0.2, 0.25) is 0 Å². The highest BCUT2D eigenvalue weighted by molar-refractivity contribution is 5.80. The molecule has 0 saturated heterocycles. The quantitative estimate of drug-likeness (QED) is 0.607. The molecule has 0 aliphatic carbocycles. The maximum atomic E-state index is 11.1. The Balaban J connectivity index is 2.49. The van der Waals surface area contributed by atoms with E-state index in [-0.39, 0.29) is 12.3 Å². The van der Waals surface area contributed by atoms with Crippen molar-refractivity contribution in [2.45, 2.75) is 12.8 Å². The van der Waals surface area contributed by atoms with Crippen LogP contribution in [-0.2, 0) is 4.79 Å². The number of hydrogen-bond donors (Lipinski definition) is 0. The highest BCUT2D eigenvalue weighted by Crippen LogP contribution is 1.95. The molecule has 0 radical (unpaired) electrons. The summed E-state index contributed by atoms with van der Waals surface area (Å²) in [6.45, 7) is 0. The zero-order chi connectivity index (χ0) is 8.10. The lowest BCUT2D eigenvalue weighted by molar-refractivity contribution is -0.107. The number of carbonyl (C=O) groups is 2. The third kappa shape index (κ3) is 2.04. The van der Waals surface area contributed by atoms with Crippen molar-refractivity contribution in [3.8, 4) is 0 Å². The van der Waals surface area contributed by atoms with Gasteiger partial charge in [0.2, 0.25) is 5.91 Å². The lowest BCUT2D eigenvalue weighted by Crippen LogP contribution is -2.07. The van der Waals surface area contributed by atoms with E-state index in [1.54, 1.807) is 24.5 Å². The third-order valence-corrected chi connectivity index (χ3v) is 1.37. The molecule has 1 heterocycles. The maximum Gasteiger partial charge on any atom is 0.230 e. The van der Waals surface area contributed by atoms with Crippen LogP contribution >= 0.6 is 0 Å². The van der Waals surface area contributed by atoms with Crippen LogP contribution in [-0.4, -0.2) is 16.8 Å². The van der Waals surface area contributed by atoms with Crippen LogP contribution in [0.25, 0.3) is 0 Å². The normalized spacial score (nSPS) is 9.45. The molecule has 0 aliphatic rings. The van der Waals surface area contributed by atoms with E-state index >= 15 is 0 Å². The van der Waals surface area contributed by atoms with E-state index < -0.39 is 0 Å². The van der Waals surface area contributed by atoms with Gasteiger partial charge in [-0.05, 0) is 12.1 Å². The molecule has 0 spiro atoms. The summed E-state index contributed by atoms with van der Waals surface area (Å²) >= 11 is 0. The summed E-state index contributed by atoms with van der Waals surface area (Å²) < 4.78 is 1.48. The Kier molecular flexibility index (Phi) is 2.60. The summed E-state index contributed by atoms with van der Waals surface area (Å²) in [6.07, 6.45) is 4.69. The topological polar surface area (TPSA) is 39.1 Å². The molecule has 0 aromatic carbocycles. The first-order valence-electron chi connectivity index (χ1n) is 3.44. The van der Waals surface area contributed by atoms with Gasteiger partial charge in [-0.3, -0.25) is 9.36 Å². The zero-order valence-electron chi connectivity index (χ0n) is 6.06. The van der Waals surface area contributed by atoms with Gasteiger partial charge in [0.25, 0.3) is 0 Å². The Morgan fingerprint density at radius 3 is 2.55 bits per heavy atom. The second-order valence-electron chi connectivity index (χ2n) is 2.19. The Bertz CT molecular complexity index is 239. The van der Waals surface area contributed by atoms with Crippen molar-refractivity contribution >= 4 is 12.2 Å². The minimum absolute atomic E-state index is 0.0397. The molecule has 1 aromatic heterocycles. The van der Waals surface area contributed by atoms with Crippen LogP contribution in [0.4, 0.5) is 0 Å². The first-order chi connectivity index (χ1) is 5.34. The minimum atomic E-state index is -0.0397. The first kappa shape index (κ1) is 7.72. The van der Waals surface area contributed by atoms with Crippen LogP contribution < -0.4 is 0 Å². The standard InChI is InChI=1S/C8H9NO2/c10-7-3-4-8(11)9-5-1-2-6-9/h1-2,5-7H,3-4H2. The van der Waals surface area contributed by atoms with E-state index in [4.69, 9.17) is 0 Å². The van der Waals surface area contributed by atoms with Gasteiger partial charge in [-0.1, -0.05) is 0 Å². The number of aldehydes is 1. The van der Waals surface area contributed by atoms with Crippen LogP contribution in [0.15, 0.2) is 24.5 Å². The molecule has 0 fully saturated rings. The second-order valence-corrected chi connectivity index (χ2v) is 2.19. The van der Waals surface area contributed by atoms with Gasteiger partial charge in [-0.25, -0.2) is 0 Å². The molecular formula is C8H9NO2. The third-order valence-electron chi connectivity index (χ3n) is 1.37. The lowest BCUT2D eigenvalue weighted by Gasteiger charge is -1.96. The molecule has 1 aromatic rings. The molecule has 0 amide bonds. The van der Waals surface area contributed by atoms with Crippen molar-refractivity contribution in [1.82, 2.24) is 4.57 Å². The fourth-order valence-corrected chi connectivity index (χ4v) is 0.812. The molecule has 0 N–H and O–H groups in total. The van der Waals surface area contributed by atoms with Gasteiger partial charge in [0.1, 0.15) is 6.29 Å². The molecule has 11 heavy (non-hydrogen) atoms. The van der Waals surface area contributed by atoms with Gasteiger partial charge >= 0.3 is 0 Å². The predicted molar refractivity (Wildman–Crippen MR) is 40.4 cm³/mol. The van der Waals surface area contributed by atoms with Crippen molar-refractivity contribution in [3.05, 3.63) is 24.5 Å². The van der Waals surface area contributed by atoms with Crippen molar-refractivity contribution in [3.63, 3.8) is 0 Å². The zero-order valence-corrected chi connectivity index (χ0v) is 6.06. The second kappa shape index (κ2) is 3.71. The van der Waals surface area contributed by atoms with E-state index in [0.29, 0.717) is 6.42 Å². The summed E-state index contributed by atoms with van der Waals surface area (Å²) in [5.74, 6) is -0.0397. The van der Waals surface area contributed by atoms with Crippen molar-refractivity contribution < 1.29 is 9.59 Å². The van der Waals surface area contributed by atoms with E-state index in [2.05, 4.69) is 0 Å². The van der Waals surface area contributed by atoms with Crippen molar-refractivity contribution in [1.29, 1.82) is 0 Å². The molecule has 0 saturated carbocycles. The smallest absolute Gasteiger partial charge is 0.230 e. The SMILES string of the molecule is O=CCCC(=O)n1cccc1. The molecule has 3 heteroatoms. The van der Waals surface area contributed by atoms with Crippen LogP contribution in [0.5, 0.6) is 0 Å². The number of carbonyl (C=O) groups excluding carboxylic acids is 2. The summed E-state index contributed by atoms with van der Waals surface area (Å²) in [7, 11) is 0. The summed E-state index contributed by atoms with van der Waals surface area (Å²) in [5.41, 5.74) is 0. The minimum Gasteiger partial charge on any atom is -0.303 e. The summed E-state index contributed by atoms with van der Waals surface area (Å²) in [6, 6.07) is 3.55. The largest absolute Gasteiger partial charge is 0.303 e. The molecule has 3 nitrogen and oxygen atoms in total. The van der Waals surface area contributed by atoms with Gasteiger partial charge in [-0.15, -0.1) is 0 Å². The fraction of sp³-hybridized carbons (Fsp3) is 0.250.